The quantitative estimate of drug-likeness (QED) is 0.456. The number of hydrogen-bond donors (Lipinski definition) is 2. The van der Waals surface area contributed by atoms with Gasteiger partial charge in [-0.1, -0.05) is 12.1 Å². The van der Waals surface area contributed by atoms with Crippen molar-refractivity contribution in [3.05, 3.63) is 64.6 Å². The average Bonchev–Trinajstić information content (AvgIpc) is 3.08. The number of allylic oxidation sites excluding steroid dienone is 2. The minimum absolute atomic E-state index is 0.0247. The fourth-order valence-corrected chi connectivity index (χ4v) is 5.52. The summed E-state index contributed by atoms with van der Waals surface area (Å²) in [6.45, 7) is 6.92. The van der Waals surface area contributed by atoms with Crippen molar-refractivity contribution in [2.75, 3.05) is 47.0 Å². The van der Waals surface area contributed by atoms with Crippen molar-refractivity contribution >= 4 is 17.2 Å². The van der Waals surface area contributed by atoms with E-state index in [9.17, 15) is 9.18 Å². The molecule has 206 valence electrons. The molecule has 0 aromatic heterocycles. The molecule has 4 rings (SSSR count). The van der Waals surface area contributed by atoms with Crippen LogP contribution in [0, 0.1) is 12.7 Å². The number of nitrogens with zero attached hydrogens (tertiary/aromatic N) is 2. The second kappa shape index (κ2) is 13.4. The van der Waals surface area contributed by atoms with Crippen LogP contribution in [0.1, 0.15) is 43.7 Å². The molecule has 3 atom stereocenters. The van der Waals surface area contributed by atoms with Gasteiger partial charge in [0.15, 0.2) is 0 Å². The molecule has 1 saturated heterocycles. The zero-order chi connectivity index (χ0) is 27.1. The summed E-state index contributed by atoms with van der Waals surface area (Å²) in [6.07, 6.45) is 9.44. The highest BCUT2D eigenvalue weighted by Gasteiger charge is 2.28. The number of aliphatic imine (C=N–C) groups is 1. The predicted octanol–water partition coefficient (Wildman–Crippen LogP) is 3.80. The zero-order valence-electron chi connectivity index (χ0n) is 23.1. The fourth-order valence-electron chi connectivity index (χ4n) is 5.52. The number of hydrogen-bond acceptors (Lipinski definition) is 6. The Bertz CT molecular complexity index is 1130. The normalized spacial score (nSPS) is 23.9. The molecular formula is C30H41FN4O3. The molecule has 1 aliphatic carbocycles. The average molecular weight is 525 g/mol. The van der Waals surface area contributed by atoms with Crippen LogP contribution in [0.4, 0.5) is 4.39 Å². The Labute approximate surface area is 225 Å². The van der Waals surface area contributed by atoms with Gasteiger partial charge < -0.3 is 19.7 Å². The maximum atomic E-state index is 13.9. The lowest BCUT2D eigenvalue weighted by atomic mass is 9.99. The van der Waals surface area contributed by atoms with Crippen molar-refractivity contribution in [3.8, 4) is 0 Å². The Morgan fingerprint density at radius 3 is 2.87 bits per heavy atom. The molecular weight excluding hydrogens is 483 g/mol. The third-order valence-corrected chi connectivity index (χ3v) is 7.77. The molecule has 0 radical (unpaired) electrons. The highest BCUT2D eigenvalue weighted by molar-refractivity contribution is 5.91. The van der Waals surface area contributed by atoms with Crippen molar-refractivity contribution in [3.63, 3.8) is 0 Å². The number of aryl methyl sites for hydroxylation is 1. The maximum Gasteiger partial charge on any atom is 0.236 e. The van der Waals surface area contributed by atoms with Gasteiger partial charge in [-0.05, 0) is 79.2 Å². The third kappa shape index (κ3) is 6.86. The number of amides is 1. The minimum Gasteiger partial charge on any atom is -0.385 e. The van der Waals surface area contributed by atoms with E-state index in [1.54, 1.807) is 21.1 Å². The van der Waals surface area contributed by atoms with Crippen LogP contribution in [0.3, 0.4) is 0 Å². The Hall–Kier alpha value is -2.65. The number of carbonyl (C=O) groups excluding carboxylic acids is 1. The van der Waals surface area contributed by atoms with Crippen LogP contribution in [-0.4, -0.2) is 81.7 Å². The summed E-state index contributed by atoms with van der Waals surface area (Å²) in [7, 11) is 3.43. The van der Waals surface area contributed by atoms with Crippen LogP contribution in [0.25, 0.3) is 5.57 Å². The molecule has 1 aromatic carbocycles. The Morgan fingerprint density at radius 2 is 2.11 bits per heavy atom. The van der Waals surface area contributed by atoms with Gasteiger partial charge in [-0.25, -0.2) is 4.39 Å². The Balaban J connectivity index is 1.39. The fraction of sp³-hybridized carbons (Fsp3) is 0.533. The van der Waals surface area contributed by atoms with Gasteiger partial charge in [0.25, 0.3) is 0 Å². The van der Waals surface area contributed by atoms with Crippen molar-refractivity contribution in [2.45, 2.75) is 57.7 Å². The first-order valence-electron chi connectivity index (χ1n) is 13.6. The summed E-state index contributed by atoms with van der Waals surface area (Å²) in [5.41, 5.74) is 6.21. The van der Waals surface area contributed by atoms with Gasteiger partial charge in [0.1, 0.15) is 5.82 Å². The van der Waals surface area contributed by atoms with Gasteiger partial charge in [-0.2, -0.15) is 0 Å². The number of carbonyl (C=O) groups is 1. The number of rotatable bonds is 10. The molecule has 1 fully saturated rings. The summed E-state index contributed by atoms with van der Waals surface area (Å²) in [4.78, 5) is 19.8. The number of nitrogens with one attached hydrogen (secondary N) is 2. The lowest BCUT2D eigenvalue weighted by Gasteiger charge is -2.24. The highest BCUT2D eigenvalue weighted by atomic mass is 19.1. The minimum atomic E-state index is -0.200. The molecule has 7 nitrogen and oxygen atoms in total. The van der Waals surface area contributed by atoms with Crippen LogP contribution in [-0.2, 0) is 14.3 Å². The van der Waals surface area contributed by atoms with Crippen molar-refractivity contribution < 1.29 is 18.7 Å². The third-order valence-electron chi connectivity index (χ3n) is 7.77. The van der Waals surface area contributed by atoms with Crippen molar-refractivity contribution in [1.29, 1.82) is 0 Å². The molecule has 2 heterocycles. The number of ether oxygens (including phenoxy) is 2. The number of benzene rings is 1. The van der Waals surface area contributed by atoms with Crippen molar-refractivity contribution in [1.82, 2.24) is 15.5 Å². The van der Waals surface area contributed by atoms with Gasteiger partial charge in [0.05, 0.1) is 18.7 Å². The van der Waals surface area contributed by atoms with E-state index in [0.717, 1.165) is 54.6 Å². The van der Waals surface area contributed by atoms with Crippen LogP contribution >= 0.6 is 0 Å². The molecule has 0 bridgehead atoms. The molecule has 1 amide bonds. The van der Waals surface area contributed by atoms with Crippen molar-refractivity contribution in [2.24, 2.45) is 4.99 Å². The molecule has 1 aromatic rings. The van der Waals surface area contributed by atoms with E-state index in [2.05, 4.69) is 28.6 Å². The molecule has 3 aliphatic rings. The Kier molecular flexibility index (Phi) is 10.0. The molecule has 2 N–H and O–H groups in total. The molecule has 0 saturated carbocycles. The second-order valence-corrected chi connectivity index (χ2v) is 10.3. The lowest BCUT2D eigenvalue weighted by molar-refractivity contribution is -0.130. The van der Waals surface area contributed by atoms with E-state index in [-0.39, 0.29) is 36.5 Å². The lowest BCUT2D eigenvalue weighted by Crippen LogP contribution is -2.43. The smallest absolute Gasteiger partial charge is 0.236 e. The SMILES string of the molecule is COCCCC1=CC(c2ccc(F)c(C)c2)=C(C)C1NCC(=O)N1CCNC(C2=NC=CC(OC)C2)CC1. The van der Waals surface area contributed by atoms with Gasteiger partial charge in [0, 0.05) is 64.8 Å². The van der Waals surface area contributed by atoms with E-state index in [1.807, 2.05) is 29.3 Å². The number of methoxy groups -OCH3 is 2. The van der Waals surface area contributed by atoms with Crippen LogP contribution < -0.4 is 10.6 Å². The van der Waals surface area contributed by atoms with Crippen LogP contribution in [0.2, 0.25) is 0 Å². The largest absolute Gasteiger partial charge is 0.385 e. The monoisotopic (exact) mass is 524 g/mol. The summed E-state index contributed by atoms with van der Waals surface area (Å²) in [6, 6.07) is 5.38. The molecule has 0 spiro atoms. The molecule has 2 aliphatic heterocycles. The molecule has 3 unspecified atom stereocenters. The zero-order valence-corrected chi connectivity index (χ0v) is 23.1. The maximum absolute atomic E-state index is 13.9. The van der Waals surface area contributed by atoms with E-state index in [1.165, 1.54) is 11.6 Å². The molecule has 38 heavy (non-hydrogen) atoms. The standard InChI is InChI=1S/C30H41FN4O3/c1-20-16-22(7-8-26(20)31)25-17-23(6-5-15-37-3)30(21(25)2)34-19-29(36)35-13-10-27(33-12-14-35)28-18-24(38-4)9-11-32-28/h7-9,11,16-17,24,27,30,33-34H,5-6,10,12-15,18-19H2,1-4H3. The van der Waals surface area contributed by atoms with E-state index >= 15 is 0 Å². The Morgan fingerprint density at radius 1 is 1.26 bits per heavy atom. The van der Waals surface area contributed by atoms with Gasteiger partial charge in [0.2, 0.25) is 5.91 Å². The topological polar surface area (TPSA) is 75.2 Å². The van der Waals surface area contributed by atoms with E-state index in [0.29, 0.717) is 25.3 Å². The van der Waals surface area contributed by atoms with Gasteiger partial charge >= 0.3 is 0 Å². The van der Waals surface area contributed by atoms with Crippen LogP contribution in [0.5, 0.6) is 0 Å². The van der Waals surface area contributed by atoms with Crippen LogP contribution in [0.15, 0.2) is 52.7 Å². The summed E-state index contributed by atoms with van der Waals surface area (Å²) in [5.74, 6) is -0.0999. The van der Waals surface area contributed by atoms with Gasteiger partial charge in [-0.15, -0.1) is 0 Å². The summed E-state index contributed by atoms with van der Waals surface area (Å²) < 4.78 is 24.6. The van der Waals surface area contributed by atoms with E-state index < -0.39 is 0 Å². The first kappa shape index (κ1) is 28.4. The van der Waals surface area contributed by atoms with Gasteiger partial charge in [-0.3, -0.25) is 15.1 Å². The molecule has 8 heteroatoms. The highest BCUT2D eigenvalue weighted by Crippen LogP contribution is 2.35. The van der Waals surface area contributed by atoms with E-state index in [4.69, 9.17) is 9.47 Å². The first-order chi connectivity index (χ1) is 18.4. The number of halogens is 1. The second-order valence-electron chi connectivity index (χ2n) is 10.3. The predicted molar refractivity (Wildman–Crippen MR) is 150 cm³/mol. The summed E-state index contributed by atoms with van der Waals surface area (Å²) in [5, 5.41) is 7.10. The first-order valence-corrected chi connectivity index (χ1v) is 13.6. The summed E-state index contributed by atoms with van der Waals surface area (Å²) >= 11 is 0.